The summed E-state index contributed by atoms with van der Waals surface area (Å²) in [6.07, 6.45) is 1.59. The summed E-state index contributed by atoms with van der Waals surface area (Å²) in [4.78, 5) is 23.1. The van der Waals surface area contributed by atoms with Gasteiger partial charge in [-0.3, -0.25) is 14.9 Å². The number of amides is 2. The third-order valence-corrected chi connectivity index (χ3v) is 4.14. The number of hydrogen-bond donors (Lipinski definition) is 1. The summed E-state index contributed by atoms with van der Waals surface area (Å²) in [6.45, 7) is 1.80. The van der Waals surface area contributed by atoms with Crippen LogP contribution in [-0.4, -0.2) is 20.9 Å². The molecule has 1 fully saturated rings. The first kappa shape index (κ1) is 13.9. The van der Waals surface area contributed by atoms with Crippen LogP contribution in [0.2, 0.25) is 5.15 Å². The summed E-state index contributed by atoms with van der Waals surface area (Å²) in [6, 6.07) is 9.45. The van der Waals surface area contributed by atoms with Gasteiger partial charge in [-0.25, -0.2) is 4.68 Å². The number of nitrogens with zero attached hydrogens (tertiary/aromatic N) is 2. The van der Waals surface area contributed by atoms with Crippen molar-refractivity contribution in [2.75, 3.05) is 0 Å². The lowest BCUT2D eigenvalue weighted by Crippen LogP contribution is -2.17. The number of aromatic nitrogens is 2. The van der Waals surface area contributed by atoms with Gasteiger partial charge >= 0.3 is 0 Å². The SMILES string of the molecule is Cc1nn(-c2ccccc2)c(Cl)c1C=C1SC(=O)NC1=O. The zero-order chi connectivity index (χ0) is 15.0. The van der Waals surface area contributed by atoms with Crippen LogP contribution in [0.15, 0.2) is 35.2 Å². The molecule has 0 unspecified atom stereocenters. The number of para-hydroxylation sites is 1. The molecule has 2 heterocycles. The summed E-state index contributed by atoms with van der Waals surface area (Å²) in [7, 11) is 0. The van der Waals surface area contributed by atoms with Gasteiger partial charge in [-0.2, -0.15) is 5.10 Å². The van der Waals surface area contributed by atoms with Gasteiger partial charge in [0.2, 0.25) is 0 Å². The van der Waals surface area contributed by atoms with Gasteiger partial charge < -0.3 is 0 Å². The Morgan fingerprint density at radius 3 is 2.62 bits per heavy atom. The maximum atomic E-state index is 11.6. The summed E-state index contributed by atoms with van der Waals surface area (Å²) < 4.78 is 1.60. The highest BCUT2D eigenvalue weighted by atomic mass is 35.5. The fourth-order valence-corrected chi connectivity index (χ4v) is 2.96. The Balaban J connectivity index is 2.06. The van der Waals surface area contributed by atoms with E-state index < -0.39 is 5.91 Å². The topological polar surface area (TPSA) is 64.0 Å². The Morgan fingerprint density at radius 1 is 1.29 bits per heavy atom. The average molecular weight is 320 g/mol. The normalized spacial score (nSPS) is 16.6. The second-order valence-corrected chi connectivity index (χ2v) is 5.76. The van der Waals surface area contributed by atoms with Crippen molar-refractivity contribution in [1.82, 2.24) is 15.1 Å². The highest BCUT2D eigenvalue weighted by molar-refractivity contribution is 8.18. The number of imide groups is 1. The lowest BCUT2D eigenvalue weighted by Gasteiger charge is -2.02. The number of nitrogens with one attached hydrogen (secondary N) is 1. The Labute approximate surface area is 130 Å². The second kappa shape index (κ2) is 5.38. The molecule has 1 aromatic heterocycles. The zero-order valence-electron chi connectivity index (χ0n) is 11.0. The van der Waals surface area contributed by atoms with Crippen LogP contribution in [0.25, 0.3) is 11.8 Å². The number of carbonyl (C=O) groups excluding carboxylic acids is 2. The van der Waals surface area contributed by atoms with E-state index in [1.54, 1.807) is 17.7 Å². The number of carbonyl (C=O) groups is 2. The van der Waals surface area contributed by atoms with E-state index in [0.29, 0.717) is 21.3 Å². The van der Waals surface area contributed by atoms with Crippen molar-refractivity contribution in [3.05, 3.63) is 51.6 Å². The van der Waals surface area contributed by atoms with Crippen molar-refractivity contribution in [1.29, 1.82) is 0 Å². The lowest BCUT2D eigenvalue weighted by atomic mass is 10.2. The molecular formula is C14H10ClN3O2S. The van der Waals surface area contributed by atoms with E-state index in [1.165, 1.54) is 0 Å². The molecule has 0 atom stereocenters. The van der Waals surface area contributed by atoms with Gasteiger partial charge in [0, 0.05) is 5.56 Å². The fraction of sp³-hybridized carbons (Fsp3) is 0.0714. The highest BCUT2D eigenvalue weighted by Crippen LogP contribution is 2.30. The first-order valence-corrected chi connectivity index (χ1v) is 7.31. The van der Waals surface area contributed by atoms with E-state index in [-0.39, 0.29) is 5.24 Å². The van der Waals surface area contributed by atoms with E-state index in [9.17, 15) is 9.59 Å². The minimum absolute atomic E-state index is 0.317. The van der Waals surface area contributed by atoms with Gasteiger partial charge in [-0.15, -0.1) is 0 Å². The van der Waals surface area contributed by atoms with Gasteiger partial charge in [0.25, 0.3) is 11.1 Å². The van der Waals surface area contributed by atoms with Crippen LogP contribution >= 0.6 is 23.4 Å². The number of halogens is 1. The minimum atomic E-state index is -0.409. The molecule has 1 saturated heterocycles. The van der Waals surface area contributed by atoms with Gasteiger partial charge in [-0.05, 0) is 36.9 Å². The van der Waals surface area contributed by atoms with E-state index in [0.717, 1.165) is 17.4 Å². The lowest BCUT2D eigenvalue weighted by molar-refractivity contribution is -0.115. The molecule has 1 N–H and O–H groups in total. The summed E-state index contributed by atoms with van der Waals surface area (Å²) in [5.41, 5.74) is 2.15. The molecule has 7 heteroatoms. The molecule has 5 nitrogen and oxygen atoms in total. The van der Waals surface area contributed by atoms with E-state index in [4.69, 9.17) is 11.6 Å². The minimum Gasteiger partial charge on any atom is -0.282 e. The molecule has 3 rings (SSSR count). The highest BCUT2D eigenvalue weighted by Gasteiger charge is 2.26. The first-order chi connectivity index (χ1) is 10.1. The number of rotatable bonds is 2. The summed E-state index contributed by atoms with van der Waals surface area (Å²) in [5, 5.41) is 6.61. The Kier molecular flexibility index (Phi) is 3.57. The van der Waals surface area contributed by atoms with Crippen molar-refractivity contribution < 1.29 is 9.59 Å². The average Bonchev–Trinajstić information content (AvgIpc) is 2.93. The zero-order valence-corrected chi connectivity index (χ0v) is 12.5. The third-order valence-electron chi connectivity index (χ3n) is 2.97. The Hall–Kier alpha value is -2.05. The second-order valence-electron chi connectivity index (χ2n) is 4.39. The monoisotopic (exact) mass is 319 g/mol. The quantitative estimate of drug-likeness (QED) is 0.864. The largest absolute Gasteiger partial charge is 0.290 e. The molecule has 0 saturated carbocycles. The predicted octanol–water partition coefficient (Wildman–Crippen LogP) is 3.16. The molecule has 1 aliphatic rings. The van der Waals surface area contributed by atoms with Crippen LogP contribution in [0.3, 0.4) is 0 Å². The Morgan fingerprint density at radius 2 is 2.00 bits per heavy atom. The number of hydrogen-bond acceptors (Lipinski definition) is 4. The van der Waals surface area contributed by atoms with Crippen LogP contribution in [-0.2, 0) is 4.79 Å². The third kappa shape index (κ3) is 2.59. The molecule has 0 bridgehead atoms. The summed E-state index contributed by atoms with van der Waals surface area (Å²) >= 11 is 7.21. The molecule has 2 amide bonds. The number of thioether (sulfide) groups is 1. The van der Waals surface area contributed by atoms with Crippen molar-refractivity contribution in [3.63, 3.8) is 0 Å². The molecule has 0 radical (unpaired) electrons. The molecule has 21 heavy (non-hydrogen) atoms. The number of aryl methyl sites for hydroxylation is 1. The fourth-order valence-electron chi connectivity index (χ4n) is 1.97. The standard InChI is InChI=1S/C14H10ClN3O2S/c1-8-10(7-11-13(19)16-14(20)21-11)12(15)18(17-8)9-5-3-2-4-6-9/h2-7H,1H3,(H,16,19,20). The van der Waals surface area contributed by atoms with Crippen molar-refractivity contribution in [2.45, 2.75) is 6.92 Å². The molecule has 2 aromatic rings. The molecule has 0 spiro atoms. The molecule has 1 aliphatic heterocycles. The maximum Gasteiger partial charge on any atom is 0.290 e. The molecule has 106 valence electrons. The van der Waals surface area contributed by atoms with Crippen molar-refractivity contribution >= 4 is 40.6 Å². The number of benzene rings is 1. The predicted molar refractivity (Wildman–Crippen MR) is 82.4 cm³/mol. The molecule has 0 aliphatic carbocycles. The summed E-state index contributed by atoms with van der Waals surface area (Å²) in [5.74, 6) is -0.409. The van der Waals surface area contributed by atoms with Gasteiger partial charge in [-0.1, -0.05) is 29.8 Å². The first-order valence-electron chi connectivity index (χ1n) is 6.11. The molecule has 1 aromatic carbocycles. The van der Waals surface area contributed by atoms with Crippen LogP contribution in [0.4, 0.5) is 4.79 Å². The van der Waals surface area contributed by atoms with Gasteiger partial charge in [0.05, 0.1) is 16.3 Å². The van der Waals surface area contributed by atoms with Crippen LogP contribution < -0.4 is 5.32 Å². The Bertz CT molecular complexity index is 768. The van der Waals surface area contributed by atoms with Gasteiger partial charge in [0.15, 0.2) is 0 Å². The molecular weight excluding hydrogens is 310 g/mol. The van der Waals surface area contributed by atoms with E-state index >= 15 is 0 Å². The van der Waals surface area contributed by atoms with Gasteiger partial charge in [0.1, 0.15) is 5.15 Å². The van der Waals surface area contributed by atoms with E-state index in [2.05, 4.69) is 10.4 Å². The van der Waals surface area contributed by atoms with Crippen molar-refractivity contribution in [2.24, 2.45) is 0 Å². The van der Waals surface area contributed by atoms with Crippen LogP contribution in [0.5, 0.6) is 0 Å². The van der Waals surface area contributed by atoms with Crippen molar-refractivity contribution in [3.8, 4) is 5.69 Å². The van der Waals surface area contributed by atoms with Crippen LogP contribution in [0.1, 0.15) is 11.3 Å². The smallest absolute Gasteiger partial charge is 0.282 e. The van der Waals surface area contributed by atoms with Crippen LogP contribution in [0, 0.1) is 6.92 Å². The van der Waals surface area contributed by atoms with E-state index in [1.807, 2.05) is 30.3 Å². The maximum absolute atomic E-state index is 11.6.